The van der Waals surface area contributed by atoms with E-state index in [1.165, 1.54) is 16.7 Å². The van der Waals surface area contributed by atoms with Crippen molar-refractivity contribution in [1.82, 2.24) is 4.90 Å². The highest BCUT2D eigenvalue weighted by Crippen LogP contribution is 2.42. The highest BCUT2D eigenvalue weighted by atomic mass is 79.9. The molecule has 1 aliphatic rings. The van der Waals surface area contributed by atoms with Gasteiger partial charge in [-0.1, -0.05) is 88.7 Å². The smallest absolute Gasteiger partial charge is 0.0475 e. The van der Waals surface area contributed by atoms with E-state index in [-0.39, 0.29) is 10.8 Å². The van der Waals surface area contributed by atoms with Crippen LogP contribution in [0.2, 0.25) is 0 Å². The molecule has 0 amide bonds. The average Bonchev–Trinajstić information content (AvgIpc) is 2.70. The first kappa shape index (κ1) is 18.7. The third-order valence-electron chi connectivity index (χ3n) is 5.49. The molecule has 138 valence electrons. The van der Waals surface area contributed by atoms with Crippen LogP contribution in [0.25, 0.3) is 0 Å². The molecule has 1 heterocycles. The first-order valence-electron chi connectivity index (χ1n) is 9.38. The SMILES string of the molecule is ClC1CN(Cc2ccc(Br)cc2)CC(c2ccccc2)(c2ccccc2)C1. The van der Waals surface area contributed by atoms with Crippen LogP contribution in [0.4, 0.5) is 0 Å². The van der Waals surface area contributed by atoms with E-state index < -0.39 is 0 Å². The summed E-state index contributed by atoms with van der Waals surface area (Å²) in [6.45, 7) is 2.80. The fourth-order valence-electron chi connectivity index (χ4n) is 4.30. The van der Waals surface area contributed by atoms with Crippen molar-refractivity contribution in [2.45, 2.75) is 23.8 Å². The molecule has 1 saturated heterocycles. The molecular weight excluding hydrogens is 418 g/mol. The predicted molar refractivity (Wildman–Crippen MR) is 117 cm³/mol. The van der Waals surface area contributed by atoms with E-state index in [0.717, 1.165) is 30.5 Å². The van der Waals surface area contributed by atoms with Crippen LogP contribution in [0.15, 0.2) is 89.4 Å². The number of nitrogens with zero attached hydrogens (tertiary/aromatic N) is 1. The van der Waals surface area contributed by atoms with E-state index in [9.17, 15) is 0 Å². The van der Waals surface area contributed by atoms with Gasteiger partial charge in [0, 0.05) is 34.9 Å². The van der Waals surface area contributed by atoms with E-state index in [1.807, 2.05) is 0 Å². The summed E-state index contributed by atoms with van der Waals surface area (Å²) >= 11 is 10.4. The molecule has 1 unspecified atom stereocenters. The monoisotopic (exact) mass is 439 g/mol. The molecule has 0 aliphatic carbocycles. The van der Waals surface area contributed by atoms with Crippen molar-refractivity contribution in [1.29, 1.82) is 0 Å². The van der Waals surface area contributed by atoms with Crippen molar-refractivity contribution in [3.8, 4) is 0 Å². The molecule has 0 radical (unpaired) electrons. The quantitative estimate of drug-likeness (QED) is 0.433. The zero-order valence-corrected chi connectivity index (χ0v) is 17.5. The fourth-order valence-corrected chi connectivity index (χ4v) is 5.02. The van der Waals surface area contributed by atoms with E-state index in [1.54, 1.807) is 0 Å². The lowest BCUT2D eigenvalue weighted by atomic mass is 9.69. The number of alkyl halides is 1. The normalized spacial score (nSPS) is 19.7. The molecule has 0 bridgehead atoms. The number of rotatable bonds is 4. The average molecular weight is 441 g/mol. The summed E-state index contributed by atoms with van der Waals surface area (Å²) in [6.07, 6.45) is 0.958. The van der Waals surface area contributed by atoms with Crippen LogP contribution < -0.4 is 0 Å². The Balaban J connectivity index is 1.71. The van der Waals surface area contributed by atoms with Crippen LogP contribution in [-0.2, 0) is 12.0 Å². The van der Waals surface area contributed by atoms with Gasteiger partial charge in [-0.3, -0.25) is 4.90 Å². The number of piperidine rings is 1. The summed E-state index contributed by atoms with van der Waals surface area (Å²) in [7, 11) is 0. The van der Waals surface area contributed by atoms with Crippen molar-refractivity contribution in [2.75, 3.05) is 13.1 Å². The van der Waals surface area contributed by atoms with Crippen LogP contribution in [0.5, 0.6) is 0 Å². The molecule has 3 aromatic carbocycles. The molecular formula is C24H23BrClN. The molecule has 1 aliphatic heterocycles. The molecule has 0 saturated carbocycles. The summed E-state index contributed by atoms with van der Waals surface area (Å²) in [4.78, 5) is 2.50. The summed E-state index contributed by atoms with van der Waals surface area (Å²) in [5, 5.41) is 0.120. The molecule has 0 spiro atoms. The molecule has 0 N–H and O–H groups in total. The number of hydrogen-bond donors (Lipinski definition) is 0. The highest BCUT2D eigenvalue weighted by molar-refractivity contribution is 9.10. The maximum absolute atomic E-state index is 6.84. The predicted octanol–water partition coefficient (Wildman–Crippen LogP) is 6.25. The lowest BCUT2D eigenvalue weighted by molar-refractivity contribution is 0.164. The number of hydrogen-bond acceptors (Lipinski definition) is 1. The van der Waals surface area contributed by atoms with Crippen molar-refractivity contribution in [2.24, 2.45) is 0 Å². The molecule has 1 fully saturated rings. The Labute approximate surface area is 175 Å². The van der Waals surface area contributed by atoms with E-state index in [0.29, 0.717) is 0 Å². The zero-order chi connectivity index (χ0) is 18.7. The Hall–Kier alpha value is -1.61. The van der Waals surface area contributed by atoms with Crippen molar-refractivity contribution in [3.63, 3.8) is 0 Å². The minimum Gasteiger partial charge on any atom is -0.296 e. The standard InChI is InChI=1S/C24H23BrClN/c25-22-13-11-19(12-14-22)16-27-17-23(26)15-24(18-27,20-7-3-1-4-8-20)21-9-5-2-6-10-21/h1-14,23H,15-18H2. The zero-order valence-electron chi connectivity index (χ0n) is 15.2. The molecule has 1 nitrogen and oxygen atoms in total. The third-order valence-corrected chi connectivity index (χ3v) is 6.31. The third kappa shape index (κ3) is 4.13. The lowest BCUT2D eigenvalue weighted by Gasteiger charge is -2.46. The van der Waals surface area contributed by atoms with Crippen molar-refractivity contribution in [3.05, 3.63) is 106 Å². The van der Waals surface area contributed by atoms with Crippen LogP contribution in [0.3, 0.4) is 0 Å². The fraction of sp³-hybridized carbons (Fsp3) is 0.250. The van der Waals surface area contributed by atoms with Gasteiger partial charge in [0.05, 0.1) is 0 Å². The van der Waals surface area contributed by atoms with Gasteiger partial charge in [-0.2, -0.15) is 0 Å². The van der Waals surface area contributed by atoms with Crippen LogP contribution in [0, 0.1) is 0 Å². The molecule has 3 aromatic rings. The summed E-state index contributed by atoms with van der Waals surface area (Å²) < 4.78 is 1.11. The molecule has 27 heavy (non-hydrogen) atoms. The second-order valence-electron chi connectivity index (χ2n) is 7.41. The minimum atomic E-state index is -0.0808. The van der Waals surface area contributed by atoms with Gasteiger partial charge < -0.3 is 0 Å². The second kappa shape index (κ2) is 8.18. The van der Waals surface area contributed by atoms with Gasteiger partial charge in [-0.05, 0) is 35.2 Å². The molecule has 1 atom stereocenters. The van der Waals surface area contributed by atoms with Gasteiger partial charge in [0.2, 0.25) is 0 Å². The van der Waals surface area contributed by atoms with Crippen LogP contribution >= 0.6 is 27.5 Å². The maximum atomic E-state index is 6.84. The number of halogens is 2. The Morgan fingerprint density at radius 3 is 1.96 bits per heavy atom. The van der Waals surface area contributed by atoms with E-state index >= 15 is 0 Å². The Bertz CT molecular complexity index is 824. The largest absolute Gasteiger partial charge is 0.296 e. The number of benzene rings is 3. The van der Waals surface area contributed by atoms with Gasteiger partial charge in [-0.15, -0.1) is 11.6 Å². The Kier molecular flexibility index (Phi) is 5.68. The van der Waals surface area contributed by atoms with E-state index in [2.05, 4.69) is 106 Å². The maximum Gasteiger partial charge on any atom is 0.0475 e. The van der Waals surface area contributed by atoms with Gasteiger partial charge in [-0.25, -0.2) is 0 Å². The van der Waals surface area contributed by atoms with Crippen molar-refractivity contribution < 1.29 is 0 Å². The molecule has 3 heteroatoms. The first-order chi connectivity index (χ1) is 13.2. The highest BCUT2D eigenvalue weighted by Gasteiger charge is 2.41. The van der Waals surface area contributed by atoms with Gasteiger partial charge in [0.25, 0.3) is 0 Å². The molecule has 4 rings (SSSR count). The number of likely N-dealkylation sites (tertiary alicyclic amines) is 1. The lowest BCUT2D eigenvalue weighted by Crippen LogP contribution is -2.50. The molecule has 0 aromatic heterocycles. The van der Waals surface area contributed by atoms with Gasteiger partial charge in [0.1, 0.15) is 0 Å². The first-order valence-corrected chi connectivity index (χ1v) is 10.6. The van der Waals surface area contributed by atoms with E-state index in [4.69, 9.17) is 11.6 Å². The Morgan fingerprint density at radius 1 is 0.852 bits per heavy atom. The van der Waals surface area contributed by atoms with Crippen LogP contribution in [-0.4, -0.2) is 23.4 Å². The van der Waals surface area contributed by atoms with Crippen molar-refractivity contribution >= 4 is 27.5 Å². The summed E-state index contributed by atoms with van der Waals surface area (Å²) in [5.41, 5.74) is 3.94. The Morgan fingerprint density at radius 2 is 1.41 bits per heavy atom. The van der Waals surface area contributed by atoms with Gasteiger partial charge >= 0.3 is 0 Å². The minimum absolute atomic E-state index is 0.0808. The van der Waals surface area contributed by atoms with Crippen LogP contribution in [0.1, 0.15) is 23.1 Å². The topological polar surface area (TPSA) is 3.24 Å². The van der Waals surface area contributed by atoms with Gasteiger partial charge in [0.15, 0.2) is 0 Å². The summed E-state index contributed by atoms with van der Waals surface area (Å²) in [6, 6.07) is 30.3. The summed E-state index contributed by atoms with van der Waals surface area (Å²) in [5.74, 6) is 0. The second-order valence-corrected chi connectivity index (χ2v) is 8.94.